The summed E-state index contributed by atoms with van der Waals surface area (Å²) >= 11 is 3.35. The fraction of sp³-hybridized carbons (Fsp3) is 0.364. The lowest BCUT2D eigenvalue weighted by Gasteiger charge is -2.03. The van der Waals surface area contributed by atoms with Crippen LogP contribution in [0.15, 0.2) is 28.7 Å². The summed E-state index contributed by atoms with van der Waals surface area (Å²) in [5.41, 5.74) is 1.03. The van der Waals surface area contributed by atoms with Gasteiger partial charge in [0.25, 0.3) is 0 Å². The van der Waals surface area contributed by atoms with Gasteiger partial charge in [-0.2, -0.15) is 0 Å². The van der Waals surface area contributed by atoms with Crippen molar-refractivity contribution in [3.8, 4) is 0 Å². The van der Waals surface area contributed by atoms with Crippen molar-refractivity contribution in [2.45, 2.75) is 19.4 Å². The van der Waals surface area contributed by atoms with Crippen LogP contribution in [-0.4, -0.2) is 5.97 Å². The van der Waals surface area contributed by atoms with E-state index >= 15 is 0 Å². The van der Waals surface area contributed by atoms with Crippen molar-refractivity contribution in [3.63, 3.8) is 0 Å². The van der Waals surface area contributed by atoms with Crippen LogP contribution in [0.2, 0.25) is 0 Å². The summed E-state index contributed by atoms with van der Waals surface area (Å²) < 4.78 is 6.17. The van der Waals surface area contributed by atoms with Gasteiger partial charge in [0.05, 0.1) is 5.92 Å². The molecule has 2 nitrogen and oxygen atoms in total. The number of benzene rings is 1. The predicted molar refractivity (Wildman–Crippen MR) is 56.7 cm³/mol. The zero-order chi connectivity index (χ0) is 9.97. The molecular formula is C11H11BrO2. The smallest absolute Gasteiger partial charge is 0.309 e. The molecular weight excluding hydrogens is 244 g/mol. The lowest BCUT2D eigenvalue weighted by Crippen LogP contribution is -2.06. The standard InChI is InChI=1S/C11H11BrO2/c12-10-5-1-8(2-6-10)7-14-11(13)9-3-4-9/h1-2,5-6,9H,3-4,7H2. The van der Waals surface area contributed by atoms with Crippen LogP contribution >= 0.6 is 15.9 Å². The van der Waals surface area contributed by atoms with E-state index in [1.165, 1.54) is 0 Å². The summed E-state index contributed by atoms with van der Waals surface area (Å²) in [5.74, 6) is 0.137. The zero-order valence-electron chi connectivity index (χ0n) is 7.70. The Morgan fingerprint density at radius 3 is 2.57 bits per heavy atom. The van der Waals surface area contributed by atoms with Crippen molar-refractivity contribution in [2.24, 2.45) is 5.92 Å². The van der Waals surface area contributed by atoms with E-state index in [1.807, 2.05) is 24.3 Å². The molecule has 0 N–H and O–H groups in total. The third kappa shape index (κ3) is 2.58. The summed E-state index contributed by atoms with van der Waals surface area (Å²) in [6, 6.07) is 7.79. The topological polar surface area (TPSA) is 26.3 Å². The van der Waals surface area contributed by atoms with Crippen LogP contribution in [0.1, 0.15) is 18.4 Å². The third-order valence-corrected chi connectivity index (χ3v) is 2.73. The maximum atomic E-state index is 11.2. The summed E-state index contributed by atoms with van der Waals surface area (Å²) in [7, 11) is 0. The highest BCUT2D eigenvalue weighted by molar-refractivity contribution is 9.10. The molecule has 0 saturated heterocycles. The van der Waals surface area contributed by atoms with Crippen LogP contribution in [0.4, 0.5) is 0 Å². The summed E-state index contributed by atoms with van der Waals surface area (Å²) in [4.78, 5) is 11.2. The summed E-state index contributed by atoms with van der Waals surface area (Å²) in [6.45, 7) is 0.391. The van der Waals surface area contributed by atoms with Crippen molar-refractivity contribution in [1.82, 2.24) is 0 Å². The Morgan fingerprint density at radius 2 is 2.00 bits per heavy atom. The van der Waals surface area contributed by atoms with Crippen LogP contribution in [0.3, 0.4) is 0 Å². The fourth-order valence-electron chi connectivity index (χ4n) is 1.17. The minimum absolute atomic E-state index is 0.0482. The second-order valence-corrected chi connectivity index (χ2v) is 4.42. The maximum Gasteiger partial charge on any atom is 0.309 e. The average Bonchev–Trinajstić information content (AvgIpc) is 3.00. The first-order valence-electron chi connectivity index (χ1n) is 4.67. The largest absolute Gasteiger partial charge is 0.461 e. The molecule has 0 aromatic heterocycles. The van der Waals surface area contributed by atoms with Crippen LogP contribution in [0.5, 0.6) is 0 Å². The van der Waals surface area contributed by atoms with E-state index < -0.39 is 0 Å². The average molecular weight is 255 g/mol. The van der Waals surface area contributed by atoms with Crippen molar-refractivity contribution in [1.29, 1.82) is 0 Å². The highest BCUT2D eigenvalue weighted by Crippen LogP contribution is 2.30. The third-order valence-electron chi connectivity index (χ3n) is 2.21. The van der Waals surface area contributed by atoms with Gasteiger partial charge in [-0.05, 0) is 30.5 Å². The number of hydrogen-bond donors (Lipinski definition) is 0. The van der Waals surface area contributed by atoms with Gasteiger partial charge in [-0.1, -0.05) is 28.1 Å². The molecule has 0 spiro atoms. The highest BCUT2D eigenvalue weighted by Gasteiger charge is 2.31. The van der Waals surface area contributed by atoms with Gasteiger partial charge >= 0.3 is 5.97 Å². The highest BCUT2D eigenvalue weighted by atomic mass is 79.9. The molecule has 3 heteroatoms. The van der Waals surface area contributed by atoms with E-state index in [2.05, 4.69) is 15.9 Å². The van der Waals surface area contributed by atoms with Gasteiger partial charge in [0.15, 0.2) is 0 Å². The normalized spacial score (nSPS) is 15.2. The van der Waals surface area contributed by atoms with E-state index in [0.717, 1.165) is 22.9 Å². The van der Waals surface area contributed by atoms with E-state index in [1.54, 1.807) is 0 Å². The minimum Gasteiger partial charge on any atom is -0.461 e. The van der Waals surface area contributed by atoms with Crippen LogP contribution in [0.25, 0.3) is 0 Å². The van der Waals surface area contributed by atoms with Gasteiger partial charge in [0, 0.05) is 4.47 Å². The molecule has 2 rings (SSSR count). The number of carbonyl (C=O) groups is 1. The molecule has 0 bridgehead atoms. The Balaban J connectivity index is 1.85. The molecule has 1 saturated carbocycles. The van der Waals surface area contributed by atoms with Gasteiger partial charge in [0.1, 0.15) is 6.61 Å². The van der Waals surface area contributed by atoms with Crippen molar-refractivity contribution >= 4 is 21.9 Å². The number of hydrogen-bond acceptors (Lipinski definition) is 2. The Kier molecular flexibility index (Phi) is 2.87. The quantitative estimate of drug-likeness (QED) is 0.776. The van der Waals surface area contributed by atoms with Crippen molar-refractivity contribution < 1.29 is 9.53 Å². The van der Waals surface area contributed by atoms with Crippen LogP contribution in [-0.2, 0) is 16.1 Å². The zero-order valence-corrected chi connectivity index (χ0v) is 9.29. The Hall–Kier alpha value is -0.830. The molecule has 1 aliphatic rings. The van der Waals surface area contributed by atoms with Crippen molar-refractivity contribution in [2.75, 3.05) is 0 Å². The molecule has 1 aromatic carbocycles. The summed E-state index contributed by atoms with van der Waals surface area (Å²) in [6.07, 6.45) is 2.00. The molecule has 14 heavy (non-hydrogen) atoms. The molecule has 0 radical (unpaired) electrons. The van der Waals surface area contributed by atoms with Crippen LogP contribution in [0, 0.1) is 5.92 Å². The SMILES string of the molecule is O=C(OCc1ccc(Br)cc1)C1CC1. The minimum atomic E-state index is -0.0482. The van der Waals surface area contributed by atoms with Gasteiger partial charge in [-0.25, -0.2) is 0 Å². The Morgan fingerprint density at radius 1 is 1.36 bits per heavy atom. The molecule has 1 aliphatic carbocycles. The number of halogens is 1. The van der Waals surface area contributed by atoms with Gasteiger partial charge in [0.2, 0.25) is 0 Å². The monoisotopic (exact) mass is 254 g/mol. The number of esters is 1. The van der Waals surface area contributed by atoms with Crippen LogP contribution < -0.4 is 0 Å². The van der Waals surface area contributed by atoms with E-state index in [4.69, 9.17) is 4.74 Å². The van der Waals surface area contributed by atoms with E-state index in [9.17, 15) is 4.79 Å². The molecule has 0 amide bonds. The maximum absolute atomic E-state index is 11.2. The number of rotatable bonds is 3. The van der Waals surface area contributed by atoms with Gasteiger partial charge in [-0.15, -0.1) is 0 Å². The van der Waals surface area contributed by atoms with E-state index in [-0.39, 0.29) is 11.9 Å². The fourth-order valence-corrected chi connectivity index (χ4v) is 1.44. The first-order chi connectivity index (χ1) is 6.75. The second kappa shape index (κ2) is 4.13. The molecule has 0 aliphatic heterocycles. The molecule has 0 unspecified atom stereocenters. The summed E-state index contributed by atoms with van der Waals surface area (Å²) in [5, 5.41) is 0. The van der Waals surface area contributed by atoms with E-state index in [0.29, 0.717) is 6.61 Å². The number of ether oxygens (including phenoxy) is 1. The first-order valence-corrected chi connectivity index (χ1v) is 5.46. The molecule has 74 valence electrons. The first kappa shape index (κ1) is 9.71. The lowest BCUT2D eigenvalue weighted by molar-refractivity contribution is -0.146. The molecule has 1 aromatic rings. The molecule has 0 atom stereocenters. The molecule has 1 fully saturated rings. The van der Waals surface area contributed by atoms with Crippen molar-refractivity contribution in [3.05, 3.63) is 34.3 Å². The Labute approximate surface area is 91.4 Å². The van der Waals surface area contributed by atoms with Gasteiger partial charge < -0.3 is 4.74 Å². The molecule has 0 heterocycles. The Bertz CT molecular complexity index is 328. The second-order valence-electron chi connectivity index (χ2n) is 3.51. The predicted octanol–water partition coefficient (Wildman–Crippen LogP) is 2.90. The number of carbonyl (C=O) groups excluding carboxylic acids is 1. The van der Waals surface area contributed by atoms with Gasteiger partial charge in [-0.3, -0.25) is 4.79 Å². The lowest BCUT2D eigenvalue weighted by atomic mass is 10.2.